The molecule has 0 bridgehead atoms. The zero-order valence-corrected chi connectivity index (χ0v) is 37.0. The van der Waals surface area contributed by atoms with Crippen molar-refractivity contribution in [3.63, 3.8) is 0 Å². The molecule has 4 aliphatic heterocycles. The van der Waals surface area contributed by atoms with Gasteiger partial charge in [0.25, 0.3) is 0 Å². The van der Waals surface area contributed by atoms with Crippen LogP contribution in [0.4, 0.5) is 0 Å². The van der Waals surface area contributed by atoms with Gasteiger partial charge in [0.05, 0.1) is 18.8 Å². The monoisotopic (exact) mass is 844 g/mol. The Bertz CT molecular complexity index is 1850. The van der Waals surface area contributed by atoms with Crippen molar-refractivity contribution in [3.8, 4) is 0 Å². The summed E-state index contributed by atoms with van der Waals surface area (Å²) >= 11 is 0. The number of carbonyl (C=O) groups excluding carboxylic acids is 5. The van der Waals surface area contributed by atoms with E-state index in [1.165, 1.54) is 34.6 Å². The Morgan fingerprint density at radius 1 is 0.633 bits per heavy atom. The van der Waals surface area contributed by atoms with Crippen LogP contribution in [0.15, 0.2) is 0 Å². The van der Waals surface area contributed by atoms with Gasteiger partial charge < -0.3 is 47.4 Å². The normalized spacial score (nSPS) is 52.5. The Balaban J connectivity index is 0.991. The Morgan fingerprint density at radius 2 is 1.27 bits per heavy atom. The van der Waals surface area contributed by atoms with Crippen LogP contribution in [0, 0.1) is 50.7 Å². The van der Waals surface area contributed by atoms with Crippen LogP contribution in [0.5, 0.6) is 0 Å². The van der Waals surface area contributed by atoms with Crippen LogP contribution >= 0.6 is 0 Å². The van der Waals surface area contributed by atoms with Crippen molar-refractivity contribution in [3.05, 3.63) is 0 Å². The molecule has 0 N–H and O–H groups in total. The lowest BCUT2D eigenvalue weighted by Crippen LogP contribution is -2.64. The van der Waals surface area contributed by atoms with Crippen LogP contribution in [-0.4, -0.2) is 103 Å². The number of epoxide rings is 1. The van der Waals surface area contributed by atoms with Gasteiger partial charge in [-0.15, -0.1) is 0 Å². The molecule has 9 aliphatic rings. The van der Waals surface area contributed by atoms with E-state index < -0.39 is 66.2 Å². The van der Waals surface area contributed by atoms with Gasteiger partial charge in [0, 0.05) is 46.5 Å². The van der Waals surface area contributed by atoms with Gasteiger partial charge in [-0.3, -0.25) is 24.0 Å². The standard InChI is InChI=1S/C45H64O15/c1-21-16-45(37-42(11,59-37)38(60-45)56-26(6)50)58-27-17-40(9)30-13-12-29-39(7,8)31(14-15-43(29)20-44(30,43)18-32(53-23(3)47)41(40,10)33(21)27)57-36-35(55-25(5)49)34(54-24(4)48)28(19-51-36)52-22(2)46/h21,27-38H,12-20H2,1-11H3/t21-,27+,28-,29+,30+,31+,32-,33+,34+,35-,36+,37-,38?,40+,41-,42+,43-,44+,45-/m1/s1. The van der Waals surface area contributed by atoms with Crippen LogP contribution in [-0.2, 0) is 71.3 Å². The molecule has 5 saturated carbocycles. The first-order chi connectivity index (χ1) is 28.0. The summed E-state index contributed by atoms with van der Waals surface area (Å²) in [6.45, 7) is 20.1. The maximum absolute atomic E-state index is 13.1. The molecule has 0 aromatic heterocycles. The summed E-state index contributed by atoms with van der Waals surface area (Å²) in [5.74, 6) is -2.65. The molecular formula is C45H64O15. The van der Waals surface area contributed by atoms with Crippen molar-refractivity contribution in [2.45, 2.75) is 194 Å². The number of hydrogen-bond donors (Lipinski definition) is 0. The maximum Gasteiger partial charge on any atom is 0.305 e. The molecule has 1 unspecified atom stereocenters. The predicted octanol–water partition coefficient (Wildman–Crippen LogP) is 5.31. The molecule has 19 atom stereocenters. The molecule has 5 aliphatic carbocycles. The van der Waals surface area contributed by atoms with Crippen LogP contribution in [0.3, 0.4) is 0 Å². The topological polar surface area (TPSA) is 181 Å². The molecule has 60 heavy (non-hydrogen) atoms. The summed E-state index contributed by atoms with van der Waals surface area (Å²) in [5.41, 5.74) is -1.75. The van der Waals surface area contributed by atoms with Gasteiger partial charge in [-0.2, -0.15) is 0 Å². The molecule has 0 radical (unpaired) electrons. The summed E-state index contributed by atoms with van der Waals surface area (Å²) in [5, 5.41) is 0. The zero-order chi connectivity index (χ0) is 43.3. The number of esters is 5. The largest absolute Gasteiger partial charge is 0.462 e. The fourth-order valence-corrected chi connectivity index (χ4v) is 15.8. The van der Waals surface area contributed by atoms with E-state index >= 15 is 0 Å². The van der Waals surface area contributed by atoms with Gasteiger partial charge in [-0.25, -0.2) is 0 Å². The van der Waals surface area contributed by atoms with Crippen LogP contribution in [0.1, 0.15) is 128 Å². The SMILES string of the molecule is CC(=O)OC1O[C@]2(C[C@@H](C)[C@H]3[C@H](C[C@@]4(C)[C@@H]5CC[C@H]6C(C)(C)[C@@H](O[C@@H]7OC[C@@H](OC(C)=O)[C@H](OC(C)=O)[C@H]7OC(C)=O)CC[C@@]67C[C@@]57C[C@@H](OC(C)=O)[C@]34C)O2)[C@@H]2O[C@]12C. The van der Waals surface area contributed by atoms with Gasteiger partial charge in [-0.1, -0.05) is 34.6 Å². The highest BCUT2D eigenvalue weighted by Gasteiger charge is 2.87. The number of hydrogen-bond acceptors (Lipinski definition) is 15. The van der Waals surface area contributed by atoms with Crippen molar-refractivity contribution in [1.29, 1.82) is 0 Å². The third-order valence-electron chi connectivity index (χ3n) is 17.9. The second-order valence-electron chi connectivity index (χ2n) is 21.3. The molecule has 3 spiro atoms. The lowest BCUT2D eigenvalue weighted by atomic mass is 9.41. The minimum atomic E-state index is -1.16. The van der Waals surface area contributed by atoms with E-state index in [0.29, 0.717) is 12.3 Å². The molecule has 0 amide bonds. The molecule has 9 fully saturated rings. The highest BCUT2D eigenvalue weighted by molar-refractivity contribution is 5.68. The minimum absolute atomic E-state index is 0.00234. The van der Waals surface area contributed by atoms with E-state index in [2.05, 4.69) is 34.6 Å². The third-order valence-corrected chi connectivity index (χ3v) is 17.9. The Kier molecular flexibility index (Phi) is 9.61. The highest BCUT2D eigenvalue weighted by atomic mass is 16.9. The molecule has 4 heterocycles. The molecule has 4 saturated heterocycles. The highest BCUT2D eigenvalue weighted by Crippen LogP contribution is 2.89. The van der Waals surface area contributed by atoms with Gasteiger partial charge in [-0.05, 0) is 97.2 Å². The van der Waals surface area contributed by atoms with Crippen molar-refractivity contribution < 1.29 is 71.3 Å². The minimum Gasteiger partial charge on any atom is -0.462 e. The first-order valence-electron chi connectivity index (χ1n) is 22.1. The lowest BCUT2D eigenvalue weighted by Gasteiger charge is -2.65. The summed E-state index contributed by atoms with van der Waals surface area (Å²) in [6.07, 6.45) is 0.548. The van der Waals surface area contributed by atoms with Gasteiger partial charge >= 0.3 is 29.8 Å². The quantitative estimate of drug-likeness (QED) is 0.139. The summed E-state index contributed by atoms with van der Waals surface area (Å²) in [7, 11) is 0. The number of fused-ring (bicyclic) bond motifs is 6. The molecule has 9 rings (SSSR count). The van der Waals surface area contributed by atoms with E-state index in [9.17, 15) is 24.0 Å². The predicted molar refractivity (Wildman–Crippen MR) is 206 cm³/mol. The van der Waals surface area contributed by atoms with Crippen LogP contribution < -0.4 is 0 Å². The average molecular weight is 845 g/mol. The van der Waals surface area contributed by atoms with E-state index in [-0.39, 0.29) is 81.8 Å². The average Bonchev–Trinajstić information content (AvgIpc) is 3.96. The maximum atomic E-state index is 13.1. The van der Waals surface area contributed by atoms with E-state index in [1.807, 2.05) is 6.92 Å². The smallest absolute Gasteiger partial charge is 0.305 e. The first kappa shape index (κ1) is 42.5. The van der Waals surface area contributed by atoms with E-state index in [1.54, 1.807) is 0 Å². The lowest BCUT2D eigenvalue weighted by molar-refractivity contribution is -0.347. The number of carbonyl (C=O) groups is 5. The fraction of sp³-hybridized carbons (Fsp3) is 0.889. The summed E-state index contributed by atoms with van der Waals surface area (Å²) in [6, 6.07) is 0. The van der Waals surface area contributed by atoms with Gasteiger partial charge in [0.15, 0.2) is 30.2 Å². The third kappa shape index (κ3) is 5.79. The second-order valence-corrected chi connectivity index (χ2v) is 21.3. The molecule has 0 aromatic rings. The molecule has 15 nitrogen and oxygen atoms in total. The molecular weight excluding hydrogens is 780 g/mol. The van der Waals surface area contributed by atoms with E-state index in [4.69, 9.17) is 47.4 Å². The number of rotatable bonds is 7. The fourth-order valence-electron chi connectivity index (χ4n) is 15.8. The Hall–Kier alpha value is -2.85. The zero-order valence-electron chi connectivity index (χ0n) is 37.0. The molecule has 334 valence electrons. The van der Waals surface area contributed by atoms with Crippen LogP contribution in [0.2, 0.25) is 0 Å². The Morgan fingerprint density at radius 3 is 1.92 bits per heavy atom. The van der Waals surface area contributed by atoms with Gasteiger partial charge in [0.2, 0.25) is 12.1 Å². The summed E-state index contributed by atoms with van der Waals surface area (Å²) < 4.78 is 61.9. The Labute approximate surface area is 352 Å². The first-order valence-corrected chi connectivity index (χ1v) is 22.1. The van der Waals surface area contributed by atoms with Crippen molar-refractivity contribution in [1.82, 2.24) is 0 Å². The van der Waals surface area contributed by atoms with Crippen molar-refractivity contribution >= 4 is 29.8 Å². The molecule has 15 heteroatoms. The number of ether oxygens (including phenoxy) is 10. The second kappa shape index (κ2) is 13.6. The summed E-state index contributed by atoms with van der Waals surface area (Å²) in [4.78, 5) is 61.8. The van der Waals surface area contributed by atoms with Crippen molar-refractivity contribution in [2.24, 2.45) is 50.7 Å². The van der Waals surface area contributed by atoms with Crippen LogP contribution in [0.25, 0.3) is 0 Å². The van der Waals surface area contributed by atoms with E-state index in [0.717, 1.165) is 44.9 Å². The molecule has 0 aromatic carbocycles. The van der Waals surface area contributed by atoms with Gasteiger partial charge in [0.1, 0.15) is 12.2 Å². The van der Waals surface area contributed by atoms with Crippen molar-refractivity contribution in [2.75, 3.05) is 6.61 Å².